The van der Waals surface area contributed by atoms with Gasteiger partial charge >= 0.3 is 5.97 Å². The Balaban J connectivity index is 1.52. The third-order valence-corrected chi connectivity index (χ3v) is 5.63. The van der Waals surface area contributed by atoms with Crippen molar-refractivity contribution in [3.05, 3.63) is 35.4 Å². The fraction of sp³-hybridized carbons (Fsp3) is 0.600. The summed E-state index contributed by atoms with van der Waals surface area (Å²) >= 11 is 0. The molecule has 3 rings (SSSR count). The van der Waals surface area contributed by atoms with Crippen molar-refractivity contribution in [3.8, 4) is 0 Å². The van der Waals surface area contributed by atoms with E-state index in [1.807, 2.05) is 17.0 Å². The molecule has 1 atom stereocenters. The van der Waals surface area contributed by atoms with Gasteiger partial charge in [-0.25, -0.2) is 4.79 Å². The van der Waals surface area contributed by atoms with Crippen LogP contribution in [0.1, 0.15) is 41.1 Å². The normalized spacial score (nSPS) is 22.3. The van der Waals surface area contributed by atoms with Crippen LogP contribution < -0.4 is 0 Å². The monoisotopic (exact) mass is 359 g/mol. The van der Waals surface area contributed by atoms with Crippen LogP contribution in [0.25, 0.3) is 0 Å². The van der Waals surface area contributed by atoms with Crippen molar-refractivity contribution in [1.82, 2.24) is 14.7 Å². The van der Waals surface area contributed by atoms with Crippen LogP contribution in [0.5, 0.6) is 0 Å². The quantitative estimate of drug-likeness (QED) is 0.867. The second-order valence-corrected chi connectivity index (χ2v) is 7.47. The lowest BCUT2D eigenvalue weighted by Crippen LogP contribution is -2.35. The number of carboxylic acid groups (broad SMARTS) is 1. The van der Waals surface area contributed by atoms with Crippen LogP contribution in [0, 0.1) is 0 Å². The first-order chi connectivity index (χ1) is 12.5. The average molecular weight is 359 g/mol. The van der Waals surface area contributed by atoms with Crippen LogP contribution in [-0.4, -0.2) is 84.5 Å². The minimum absolute atomic E-state index is 0.123. The van der Waals surface area contributed by atoms with Gasteiger partial charge in [-0.1, -0.05) is 18.2 Å². The summed E-state index contributed by atoms with van der Waals surface area (Å²) in [7, 11) is 2.15. The van der Waals surface area contributed by atoms with Gasteiger partial charge in [-0.05, 0) is 44.6 Å². The predicted octanol–water partition coefficient (Wildman–Crippen LogP) is 1.73. The van der Waals surface area contributed by atoms with Crippen LogP contribution in [-0.2, 0) is 4.79 Å². The Bertz CT molecular complexity index is 649. The number of carboxylic acids is 1. The van der Waals surface area contributed by atoms with E-state index in [1.165, 1.54) is 0 Å². The van der Waals surface area contributed by atoms with E-state index >= 15 is 0 Å². The smallest absolute Gasteiger partial charge is 0.335 e. The molecule has 1 aromatic carbocycles. The Morgan fingerprint density at radius 1 is 1.12 bits per heavy atom. The van der Waals surface area contributed by atoms with Crippen LogP contribution in [0.2, 0.25) is 0 Å². The number of amides is 1. The summed E-state index contributed by atoms with van der Waals surface area (Å²) in [6, 6.07) is 7.17. The molecule has 2 aliphatic heterocycles. The second-order valence-electron chi connectivity index (χ2n) is 7.47. The van der Waals surface area contributed by atoms with Gasteiger partial charge in [0.1, 0.15) is 0 Å². The molecule has 0 bridgehead atoms. The zero-order valence-corrected chi connectivity index (χ0v) is 15.6. The van der Waals surface area contributed by atoms with Gasteiger partial charge in [-0.15, -0.1) is 0 Å². The van der Waals surface area contributed by atoms with E-state index in [0.29, 0.717) is 18.5 Å². The summed E-state index contributed by atoms with van der Waals surface area (Å²) in [6.07, 6.45) is 2.55. The molecule has 6 nitrogen and oxygen atoms in total. The molecule has 2 saturated heterocycles. The van der Waals surface area contributed by atoms with E-state index in [0.717, 1.165) is 57.7 Å². The van der Waals surface area contributed by atoms with E-state index in [1.54, 1.807) is 12.1 Å². The summed E-state index contributed by atoms with van der Waals surface area (Å²) in [5, 5.41) is 9.38. The van der Waals surface area contributed by atoms with E-state index in [9.17, 15) is 14.7 Å². The molecule has 1 aromatic rings. The fourth-order valence-corrected chi connectivity index (χ4v) is 4.02. The number of likely N-dealkylation sites (tertiary alicyclic amines) is 1. The molecule has 0 radical (unpaired) electrons. The summed E-state index contributed by atoms with van der Waals surface area (Å²) in [5.74, 6) is -0.576. The van der Waals surface area contributed by atoms with Crippen molar-refractivity contribution in [2.75, 3.05) is 52.9 Å². The van der Waals surface area contributed by atoms with Gasteiger partial charge in [0.25, 0.3) is 0 Å². The lowest BCUT2D eigenvalue weighted by Gasteiger charge is -2.22. The molecule has 1 amide bonds. The molecule has 0 saturated carbocycles. The molecule has 0 aromatic heterocycles. The lowest BCUT2D eigenvalue weighted by atomic mass is 9.93. The molecule has 142 valence electrons. The minimum Gasteiger partial charge on any atom is -0.478 e. The highest BCUT2D eigenvalue weighted by Crippen LogP contribution is 2.30. The Kier molecular flexibility index (Phi) is 6.27. The first-order valence-corrected chi connectivity index (χ1v) is 9.55. The number of carbonyl (C=O) groups is 2. The molecule has 0 aliphatic carbocycles. The van der Waals surface area contributed by atoms with E-state index in [-0.39, 0.29) is 11.8 Å². The first-order valence-electron chi connectivity index (χ1n) is 9.55. The Morgan fingerprint density at radius 2 is 1.92 bits per heavy atom. The lowest BCUT2D eigenvalue weighted by molar-refractivity contribution is -0.130. The minimum atomic E-state index is -0.892. The molecular formula is C20H29N3O3. The maximum Gasteiger partial charge on any atom is 0.335 e. The van der Waals surface area contributed by atoms with Gasteiger partial charge in [-0.2, -0.15) is 0 Å². The maximum atomic E-state index is 12.6. The van der Waals surface area contributed by atoms with Gasteiger partial charge in [0, 0.05) is 45.1 Å². The molecule has 0 unspecified atom stereocenters. The van der Waals surface area contributed by atoms with Gasteiger partial charge in [0.05, 0.1) is 5.56 Å². The summed E-state index contributed by atoms with van der Waals surface area (Å²) in [5.41, 5.74) is 1.21. The fourth-order valence-electron chi connectivity index (χ4n) is 4.02. The van der Waals surface area contributed by atoms with Crippen LogP contribution in [0.3, 0.4) is 0 Å². The average Bonchev–Trinajstić information content (AvgIpc) is 3.04. The molecule has 1 N–H and O–H groups in total. The predicted molar refractivity (Wildman–Crippen MR) is 101 cm³/mol. The Morgan fingerprint density at radius 3 is 2.73 bits per heavy atom. The number of aromatic carboxylic acids is 1. The van der Waals surface area contributed by atoms with Crippen molar-refractivity contribution in [3.63, 3.8) is 0 Å². The third-order valence-electron chi connectivity index (χ3n) is 5.63. The molecule has 2 heterocycles. The zero-order chi connectivity index (χ0) is 18.5. The number of benzene rings is 1. The van der Waals surface area contributed by atoms with Gasteiger partial charge < -0.3 is 19.8 Å². The first kappa shape index (κ1) is 18.9. The van der Waals surface area contributed by atoms with E-state index in [4.69, 9.17) is 0 Å². The van der Waals surface area contributed by atoms with Crippen molar-refractivity contribution in [2.24, 2.45) is 0 Å². The van der Waals surface area contributed by atoms with Crippen LogP contribution in [0.15, 0.2) is 24.3 Å². The van der Waals surface area contributed by atoms with Crippen molar-refractivity contribution < 1.29 is 14.7 Å². The number of nitrogens with zero attached hydrogens (tertiary/aromatic N) is 3. The van der Waals surface area contributed by atoms with Crippen molar-refractivity contribution in [1.29, 1.82) is 0 Å². The van der Waals surface area contributed by atoms with Gasteiger partial charge in [0.2, 0.25) is 5.91 Å². The molecule has 2 aliphatic rings. The van der Waals surface area contributed by atoms with Gasteiger partial charge in [0.15, 0.2) is 0 Å². The number of rotatable bonds is 5. The topological polar surface area (TPSA) is 64.1 Å². The molecule has 2 fully saturated rings. The van der Waals surface area contributed by atoms with E-state index in [2.05, 4.69) is 16.8 Å². The Labute approximate surface area is 155 Å². The summed E-state index contributed by atoms with van der Waals surface area (Å²) < 4.78 is 0. The third kappa shape index (κ3) is 4.62. The molecule has 0 spiro atoms. The van der Waals surface area contributed by atoms with Crippen molar-refractivity contribution in [2.45, 2.75) is 25.2 Å². The summed E-state index contributed by atoms with van der Waals surface area (Å²) in [4.78, 5) is 30.7. The SMILES string of the molecule is CN1CCCN(CCC(=O)N2CC[C@H](c3ccccc3C(=O)O)C2)CC1. The van der Waals surface area contributed by atoms with E-state index < -0.39 is 5.97 Å². The highest BCUT2D eigenvalue weighted by molar-refractivity contribution is 5.89. The van der Waals surface area contributed by atoms with Crippen LogP contribution in [0.4, 0.5) is 0 Å². The largest absolute Gasteiger partial charge is 0.478 e. The number of carbonyl (C=O) groups excluding carboxylic acids is 1. The van der Waals surface area contributed by atoms with Crippen molar-refractivity contribution >= 4 is 11.9 Å². The molecule has 26 heavy (non-hydrogen) atoms. The van der Waals surface area contributed by atoms with Crippen LogP contribution >= 0.6 is 0 Å². The summed E-state index contributed by atoms with van der Waals surface area (Å²) in [6.45, 7) is 6.45. The second kappa shape index (κ2) is 8.64. The number of hydrogen-bond acceptors (Lipinski definition) is 4. The standard InChI is InChI=1S/C20H29N3O3/c1-21-9-4-10-22(14-13-21)11-8-19(24)23-12-7-16(15-23)17-5-2-3-6-18(17)20(25)26/h2-3,5-6,16H,4,7-15H2,1H3,(H,25,26)/t16-/m0/s1. The highest BCUT2D eigenvalue weighted by Gasteiger charge is 2.29. The highest BCUT2D eigenvalue weighted by atomic mass is 16.4. The Hall–Kier alpha value is -1.92. The zero-order valence-electron chi connectivity index (χ0n) is 15.6. The maximum absolute atomic E-state index is 12.6. The molecule has 6 heteroatoms. The molecular weight excluding hydrogens is 330 g/mol. The number of likely N-dealkylation sites (N-methyl/N-ethyl adjacent to an activating group) is 1. The number of hydrogen-bond donors (Lipinski definition) is 1. The van der Waals surface area contributed by atoms with Gasteiger partial charge in [-0.3, -0.25) is 4.79 Å².